The van der Waals surface area contributed by atoms with Gasteiger partial charge < -0.3 is 15.7 Å². The number of nitrogens with one attached hydrogen (secondary N) is 2. The van der Waals surface area contributed by atoms with E-state index in [9.17, 15) is 14.7 Å². The molecule has 0 aromatic heterocycles. The first-order chi connectivity index (χ1) is 10.9. The number of aromatic hydroxyl groups is 1. The Kier molecular flexibility index (Phi) is 4.43. The van der Waals surface area contributed by atoms with Gasteiger partial charge in [0.15, 0.2) is 0 Å². The van der Waals surface area contributed by atoms with Gasteiger partial charge in [0.05, 0.1) is 10.6 Å². The Balaban J connectivity index is 1.63. The van der Waals surface area contributed by atoms with E-state index in [4.69, 9.17) is 23.2 Å². The average Bonchev–Trinajstić information content (AvgIpc) is 2.82. The fourth-order valence-corrected chi connectivity index (χ4v) is 4.09. The summed E-state index contributed by atoms with van der Waals surface area (Å²) in [5.74, 6) is -0.506. The third-order valence-corrected chi connectivity index (χ3v) is 5.36. The van der Waals surface area contributed by atoms with Crippen LogP contribution in [0, 0.1) is 5.41 Å². The molecule has 0 atom stereocenters. The molecule has 2 fully saturated rings. The number of carbonyl (C=O) groups excluding carboxylic acids is 2. The predicted molar refractivity (Wildman–Crippen MR) is 87.9 cm³/mol. The van der Waals surface area contributed by atoms with E-state index >= 15 is 0 Å². The number of rotatable bonds is 2. The van der Waals surface area contributed by atoms with Crippen molar-refractivity contribution in [3.8, 4) is 5.75 Å². The first-order valence-electron chi connectivity index (χ1n) is 7.64. The molecule has 0 bridgehead atoms. The molecule has 124 valence electrons. The lowest BCUT2D eigenvalue weighted by atomic mass is 9.72. The smallest absolute Gasteiger partial charge is 0.256 e. The highest BCUT2D eigenvalue weighted by molar-refractivity contribution is 6.37. The number of phenolic OH excluding ortho intramolecular Hbond substituents is 1. The summed E-state index contributed by atoms with van der Waals surface area (Å²) in [4.78, 5) is 23.8. The first-order valence-corrected chi connectivity index (χ1v) is 8.40. The van der Waals surface area contributed by atoms with Crippen molar-refractivity contribution in [2.24, 2.45) is 5.41 Å². The van der Waals surface area contributed by atoms with Gasteiger partial charge in [-0.1, -0.05) is 23.2 Å². The predicted octanol–water partition coefficient (Wildman–Crippen LogP) is 2.88. The minimum Gasteiger partial charge on any atom is -0.507 e. The first kappa shape index (κ1) is 16.4. The molecule has 7 heteroatoms. The molecule has 1 aliphatic heterocycles. The van der Waals surface area contributed by atoms with Crippen LogP contribution < -0.4 is 10.6 Å². The van der Waals surface area contributed by atoms with Crippen molar-refractivity contribution in [1.82, 2.24) is 10.6 Å². The number of benzene rings is 1. The Labute approximate surface area is 144 Å². The maximum Gasteiger partial charge on any atom is 0.256 e. The summed E-state index contributed by atoms with van der Waals surface area (Å²) in [5.41, 5.74) is 0.104. The molecule has 1 aromatic carbocycles. The monoisotopic (exact) mass is 356 g/mol. The minimum absolute atomic E-state index is 0.0231. The molecule has 0 radical (unpaired) electrons. The third kappa shape index (κ3) is 3.40. The maximum absolute atomic E-state index is 12.4. The van der Waals surface area contributed by atoms with Gasteiger partial charge in [-0.15, -0.1) is 0 Å². The largest absolute Gasteiger partial charge is 0.507 e. The SMILES string of the molecule is O=C1CC2(CCC(NC(=O)c3c(O)cc(Cl)cc3Cl)CC2)CN1. The van der Waals surface area contributed by atoms with Crippen molar-refractivity contribution in [1.29, 1.82) is 0 Å². The van der Waals surface area contributed by atoms with Crippen LogP contribution in [0.2, 0.25) is 10.0 Å². The van der Waals surface area contributed by atoms with Crippen LogP contribution in [0.3, 0.4) is 0 Å². The molecule has 3 rings (SSSR count). The lowest BCUT2D eigenvalue weighted by Crippen LogP contribution is -2.41. The minimum atomic E-state index is -0.397. The van der Waals surface area contributed by atoms with E-state index in [0.717, 1.165) is 32.2 Å². The highest BCUT2D eigenvalue weighted by Crippen LogP contribution is 2.41. The van der Waals surface area contributed by atoms with Crippen LogP contribution in [0.4, 0.5) is 0 Å². The number of hydrogen-bond donors (Lipinski definition) is 3. The van der Waals surface area contributed by atoms with Gasteiger partial charge in [-0.25, -0.2) is 0 Å². The molecule has 1 saturated carbocycles. The van der Waals surface area contributed by atoms with E-state index in [1.54, 1.807) is 0 Å². The number of carbonyl (C=O) groups is 2. The number of halogens is 2. The molecule has 1 aliphatic carbocycles. The second kappa shape index (κ2) is 6.21. The normalized spacial score (nSPS) is 27.0. The Bertz CT molecular complexity index is 632. The van der Waals surface area contributed by atoms with Gasteiger partial charge in [-0.2, -0.15) is 0 Å². The van der Waals surface area contributed by atoms with Crippen molar-refractivity contribution in [3.05, 3.63) is 27.7 Å². The summed E-state index contributed by atoms with van der Waals surface area (Å²) in [6.45, 7) is 0.732. The van der Waals surface area contributed by atoms with Gasteiger partial charge >= 0.3 is 0 Å². The highest BCUT2D eigenvalue weighted by atomic mass is 35.5. The molecule has 23 heavy (non-hydrogen) atoms. The molecule has 3 N–H and O–H groups in total. The third-order valence-electron chi connectivity index (χ3n) is 4.84. The summed E-state index contributed by atoms with van der Waals surface area (Å²) < 4.78 is 0. The molecule has 2 aliphatic rings. The second-order valence-corrected chi connectivity index (χ2v) is 7.33. The lowest BCUT2D eigenvalue weighted by Gasteiger charge is -2.36. The molecule has 1 heterocycles. The van der Waals surface area contributed by atoms with Crippen molar-refractivity contribution < 1.29 is 14.7 Å². The molecular formula is C16H18Cl2N2O3. The Morgan fingerprint density at radius 2 is 2.00 bits per heavy atom. The zero-order valence-corrected chi connectivity index (χ0v) is 14.0. The van der Waals surface area contributed by atoms with E-state index < -0.39 is 5.91 Å². The molecule has 0 unspecified atom stereocenters. The number of phenols is 1. The zero-order chi connectivity index (χ0) is 16.6. The second-order valence-electron chi connectivity index (χ2n) is 6.48. The summed E-state index contributed by atoms with van der Waals surface area (Å²) >= 11 is 11.8. The van der Waals surface area contributed by atoms with Gasteiger partial charge in [0.1, 0.15) is 5.75 Å². The molecule has 2 amide bonds. The van der Waals surface area contributed by atoms with Gasteiger partial charge in [0, 0.05) is 24.0 Å². The fraction of sp³-hybridized carbons (Fsp3) is 0.500. The number of amides is 2. The fourth-order valence-electron chi connectivity index (χ4n) is 3.52. The zero-order valence-electron chi connectivity index (χ0n) is 12.5. The van der Waals surface area contributed by atoms with Crippen molar-refractivity contribution in [2.45, 2.75) is 38.1 Å². The van der Waals surface area contributed by atoms with Crippen LogP contribution in [0.5, 0.6) is 5.75 Å². The molecule has 1 spiro atoms. The van der Waals surface area contributed by atoms with Crippen molar-refractivity contribution in [3.63, 3.8) is 0 Å². The molecule has 5 nitrogen and oxygen atoms in total. The topological polar surface area (TPSA) is 78.4 Å². The van der Waals surface area contributed by atoms with E-state index in [1.165, 1.54) is 12.1 Å². The maximum atomic E-state index is 12.4. The molecule has 1 saturated heterocycles. The van der Waals surface area contributed by atoms with Crippen LogP contribution in [0.25, 0.3) is 0 Å². The van der Waals surface area contributed by atoms with Crippen LogP contribution in [-0.4, -0.2) is 29.5 Å². The summed E-state index contributed by atoms with van der Waals surface area (Å²) in [5, 5.41) is 16.1. The van der Waals surface area contributed by atoms with Crippen LogP contribution in [0.15, 0.2) is 12.1 Å². The van der Waals surface area contributed by atoms with E-state index in [0.29, 0.717) is 6.42 Å². The quantitative estimate of drug-likeness (QED) is 0.762. The van der Waals surface area contributed by atoms with Crippen LogP contribution in [0.1, 0.15) is 42.5 Å². The lowest BCUT2D eigenvalue weighted by molar-refractivity contribution is -0.119. The highest BCUT2D eigenvalue weighted by Gasteiger charge is 2.41. The molecular weight excluding hydrogens is 339 g/mol. The van der Waals surface area contributed by atoms with E-state index in [2.05, 4.69) is 10.6 Å². The van der Waals surface area contributed by atoms with Gasteiger partial charge in [-0.3, -0.25) is 9.59 Å². The summed E-state index contributed by atoms with van der Waals surface area (Å²) in [6, 6.07) is 2.76. The van der Waals surface area contributed by atoms with Gasteiger partial charge in [0.2, 0.25) is 5.91 Å². The summed E-state index contributed by atoms with van der Waals surface area (Å²) in [7, 11) is 0. The van der Waals surface area contributed by atoms with Gasteiger partial charge in [0.25, 0.3) is 5.91 Å². The van der Waals surface area contributed by atoms with Crippen molar-refractivity contribution >= 4 is 35.0 Å². The molecule has 1 aromatic rings. The van der Waals surface area contributed by atoms with Gasteiger partial charge in [-0.05, 0) is 43.2 Å². The van der Waals surface area contributed by atoms with Crippen LogP contribution >= 0.6 is 23.2 Å². The van der Waals surface area contributed by atoms with E-state index in [1.807, 2.05) is 0 Å². The Morgan fingerprint density at radius 1 is 1.30 bits per heavy atom. The Hall–Kier alpha value is -1.46. The van der Waals surface area contributed by atoms with E-state index in [-0.39, 0.29) is 38.7 Å². The van der Waals surface area contributed by atoms with Crippen molar-refractivity contribution in [2.75, 3.05) is 6.54 Å². The number of hydrogen-bond acceptors (Lipinski definition) is 3. The Morgan fingerprint density at radius 3 is 2.57 bits per heavy atom. The van der Waals surface area contributed by atoms with Crippen LogP contribution in [-0.2, 0) is 4.79 Å². The standard InChI is InChI=1S/C16H18Cl2N2O3/c17-9-5-11(18)14(12(21)6-9)15(23)20-10-1-3-16(4-2-10)7-13(22)19-8-16/h5-6,10,21H,1-4,7-8H2,(H,19,22)(H,20,23). The summed E-state index contributed by atoms with van der Waals surface area (Å²) in [6.07, 6.45) is 4.00. The average molecular weight is 357 g/mol.